The maximum Gasteiger partial charge on any atom is 0.314 e. The van der Waals surface area contributed by atoms with Gasteiger partial charge in [0, 0.05) is 13.1 Å². The van der Waals surface area contributed by atoms with Crippen LogP contribution >= 0.6 is 11.6 Å². The zero-order chi connectivity index (χ0) is 18.7. The molecule has 2 aromatic carbocycles. The van der Waals surface area contributed by atoms with Gasteiger partial charge in [0.1, 0.15) is 16.5 Å². The van der Waals surface area contributed by atoms with Crippen LogP contribution in [0, 0.1) is 11.7 Å². The van der Waals surface area contributed by atoms with Crippen LogP contribution in [0.3, 0.4) is 0 Å². The zero-order valence-electron chi connectivity index (χ0n) is 13.8. The molecule has 0 bridgehead atoms. The molecule has 0 N–H and O–H groups in total. The largest absolute Gasteiger partial charge is 0.425 e. The summed E-state index contributed by atoms with van der Waals surface area (Å²) < 4.78 is 45.5. The first-order valence-electron chi connectivity index (χ1n) is 8.10. The number of halogens is 2. The number of sulfonamides is 1. The Hall–Kier alpha value is -1.96. The SMILES string of the molecule is O=C(Oc1ccccc1Cl)C1CCN(S(=O)(=O)c2ccccc2F)CC1. The Labute approximate surface area is 156 Å². The van der Waals surface area contributed by atoms with Crippen LogP contribution < -0.4 is 4.74 Å². The summed E-state index contributed by atoms with van der Waals surface area (Å²) in [6, 6.07) is 11.9. The number of benzene rings is 2. The van der Waals surface area contributed by atoms with Gasteiger partial charge in [0.25, 0.3) is 0 Å². The quantitative estimate of drug-likeness (QED) is 0.585. The molecule has 138 valence electrons. The minimum Gasteiger partial charge on any atom is -0.425 e. The van der Waals surface area contributed by atoms with Gasteiger partial charge >= 0.3 is 5.97 Å². The van der Waals surface area contributed by atoms with E-state index in [2.05, 4.69) is 0 Å². The second-order valence-corrected chi connectivity index (χ2v) is 8.27. The van der Waals surface area contributed by atoms with E-state index in [9.17, 15) is 17.6 Å². The van der Waals surface area contributed by atoms with Crippen LogP contribution in [-0.2, 0) is 14.8 Å². The van der Waals surface area contributed by atoms with Gasteiger partial charge in [0.15, 0.2) is 0 Å². The number of carbonyl (C=O) groups excluding carboxylic acids is 1. The predicted octanol–water partition coefficient (Wildman–Crippen LogP) is 3.49. The van der Waals surface area contributed by atoms with Gasteiger partial charge in [-0.25, -0.2) is 12.8 Å². The molecule has 0 aromatic heterocycles. The van der Waals surface area contributed by atoms with Gasteiger partial charge in [-0.05, 0) is 37.1 Å². The number of hydrogen-bond acceptors (Lipinski definition) is 4. The lowest BCUT2D eigenvalue weighted by molar-refractivity contribution is -0.140. The van der Waals surface area contributed by atoms with Crippen LogP contribution in [0.2, 0.25) is 5.02 Å². The molecule has 0 amide bonds. The van der Waals surface area contributed by atoms with Crippen LogP contribution in [0.1, 0.15) is 12.8 Å². The molecule has 0 spiro atoms. The molecule has 1 aliphatic rings. The molecule has 2 aromatic rings. The fraction of sp³-hybridized carbons (Fsp3) is 0.278. The molecule has 1 heterocycles. The van der Waals surface area contributed by atoms with Crippen molar-refractivity contribution in [3.05, 3.63) is 59.4 Å². The summed E-state index contributed by atoms with van der Waals surface area (Å²) in [6.45, 7) is 0.248. The van der Waals surface area contributed by atoms with Crippen LogP contribution in [0.4, 0.5) is 4.39 Å². The molecule has 8 heteroatoms. The maximum atomic E-state index is 13.8. The summed E-state index contributed by atoms with van der Waals surface area (Å²) in [6.07, 6.45) is 0.605. The molecule has 0 radical (unpaired) electrons. The minimum absolute atomic E-state index is 0.124. The average Bonchev–Trinajstić information content (AvgIpc) is 2.64. The number of nitrogens with zero attached hydrogens (tertiary/aromatic N) is 1. The fourth-order valence-electron chi connectivity index (χ4n) is 2.84. The number of ether oxygens (including phenoxy) is 1. The summed E-state index contributed by atoms with van der Waals surface area (Å²) in [5.74, 6) is -1.38. The Balaban J connectivity index is 1.65. The first kappa shape index (κ1) is 18.8. The number of carbonyl (C=O) groups is 1. The normalized spacial score (nSPS) is 16.4. The Morgan fingerprint density at radius 3 is 2.35 bits per heavy atom. The van der Waals surface area contributed by atoms with E-state index < -0.39 is 27.7 Å². The first-order chi connectivity index (χ1) is 12.4. The van der Waals surface area contributed by atoms with E-state index in [1.807, 2.05) is 0 Å². The highest BCUT2D eigenvalue weighted by Gasteiger charge is 2.34. The van der Waals surface area contributed by atoms with Crippen molar-refractivity contribution in [3.63, 3.8) is 0 Å². The summed E-state index contributed by atoms with van der Waals surface area (Å²) in [5, 5.41) is 0.334. The van der Waals surface area contributed by atoms with Crippen molar-refractivity contribution in [2.45, 2.75) is 17.7 Å². The van der Waals surface area contributed by atoms with Crippen LogP contribution in [0.15, 0.2) is 53.4 Å². The smallest absolute Gasteiger partial charge is 0.314 e. The third kappa shape index (κ3) is 3.90. The van der Waals surface area contributed by atoms with Gasteiger partial charge in [0.05, 0.1) is 10.9 Å². The molecular formula is C18H17ClFNO4S. The van der Waals surface area contributed by atoms with Crippen molar-refractivity contribution < 1.29 is 22.3 Å². The van der Waals surface area contributed by atoms with Crippen molar-refractivity contribution >= 4 is 27.6 Å². The number of esters is 1. The highest BCUT2D eigenvalue weighted by Crippen LogP contribution is 2.28. The Morgan fingerprint density at radius 2 is 1.69 bits per heavy atom. The van der Waals surface area contributed by atoms with E-state index in [1.165, 1.54) is 22.5 Å². The second-order valence-electron chi connectivity index (χ2n) is 5.96. The van der Waals surface area contributed by atoms with Gasteiger partial charge in [-0.1, -0.05) is 35.9 Å². The minimum atomic E-state index is -3.92. The third-order valence-corrected chi connectivity index (χ3v) is 6.53. The molecule has 1 fully saturated rings. The van der Waals surface area contributed by atoms with Crippen molar-refractivity contribution in [1.29, 1.82) is 0 Å². The van der Waals surface area contributed by atoms with E-state index in [1.54, 1.807) is 24.3 Å². The van der Waals surface area contributed by atoms with E-state index in [0.717, 1.165) is 6.07 Å². The molecule has 3 rings (SSSR count). The zero-order valence-corrected chi connectivity index (χ0v) is 15.3. The lowest BCUT2D eigenvalue weighted by Crippen LogP contribution is -2.41. The van der Waals surface area contributed by atoms with Crippen molar-refractivity contribution in [3.8, 4) is 5.75 Å². The molecular weight excluding hydrogens is 381 g/mol. The van der Waals surface area contributed by atoms with Crippen molar-refractivity contribution in [2.24, 2.45) is 5.92 Å². The molecule has 5 nitrogen and oxygen atoms in total. The Kier molecular flexibility index (Phi) is 5.60. The van der Waals surface area contributed by atoms with Crippen LogP contribution in [0.5, 0.6) is 5.75 Å². The Bertz CT molecular complexity index is 911. The standard InChI is InChI=1S/C18H17ClFNO4S/c19-14-5-1-3-7-16(14)25-18(22)13-9-11-21(12-10-13)26(23,24)17-8-4-2-6-15(17)20/h1-8,13H,9-12H2. The van der Waals surface area contributed by atoms with Crippen molar-refractivity contribution in [1.82, 2.24) is 4.31 Å². The van der Waals surface area contributed by atoms with Gasteiger partial charge in [-0.2, -0.15) is 4.31 Å². The van der Waals surface area contributed by atoms with E-state index in [4.69, 9.17) is 16.3 Å². The molecule has 0 unspecified atom stereocenters. The molecule has 0 aliphatic carbocycles. The topological polar surface area (TPSA) is 63.7 Å². The predicted molar refractivity (Wildman–Crippen MR) is 95.0 cm³/mol. The molecule has 26 heavy (non-hydrogen) atoms. The molecule has 1 aliphatic heterocycles. The highest BCUT2D eigenvalue weighted by molar-refractivity contribution is 7.89. The Morgan fingerprint density at radius 1 is 1.08 bits per heavy atom. The van der Waals surface area contributed by atoms with Crippen molar-refractivity contribution in [2.75, 3.05) is 13.1 Å². The summed E-state index contributed by atoms with van der Waals surface area (Å²) in [5.41, 5.74) is 0. The van der Waals surface area contributed by atoms with Crippen LogP contribution in [-0.4, -0.2) is 31.8 Å². The molecule has 0 atom stereocenters. The summed E-state index contributed by atoms with van der Waals surface area (Å²) in [4.78, 5) is 11.9. The average molecular weight is 398 g/mol. The monoisotopic (exact) mass is 397 g/mol. The number of rotatable bonds is 4. The summed E-state index contributed by atoms with van der Waals surface area (Å²) in [7, 11) is -3.92. The summed E-state index contributed by atoms with van der Waals surface area (Å²) >= 11 is 5.97. The van der Waals surface area contributed by atoms with Gasteiger partial charge in [0.2, 0.25) is 10.0 Å². The number of hydrogen-bond donors (Lipinski definition) is 0. The third-order valence-electron chi connectivity index (χ3n) is 4.29. The van der Waals surface area contributed by atoms with E-state index in [-0.39, 0.29) is 23.7 Å². The van der Waals surface area contributed by atoms with E-state index in [0.29, 0.717) is 17.9 Å². The first-order valence-corrected chi connectivity index (χ1v) is 9.92. The lowest BCUT2D eigenvalue weighted by atomic mass is 9.98. The van der Waals surface area contributed by atoms with Crippen LogP contribution in [0.25, 0.3) is 0 Å². The molecule has 0 saturated carbocycles. The second kappa shape index (κ2) is 7.73. The van der Waals surface area contributed by atoms with Gasteiger partial charge < -0.3 is 4.74 Å². The molecule has 1 saturated heterocycles. The lowest BCUT2D eigenvalue weighted by Gasteiger charge is -2.30. The number of piperidine rings is 1. The number of para-hydroxylation sites is 1. The van der Waals surface area contributed by atoms with Gasteiger partial charge in [-0.3, -0.25) is 4.79 Å². The highest BCUT2D eigenvalue weighted by atomic mass is 35.5. The fourth-order valence-corrected chi connectivity index (χ4v) is 4.55. The maximum absolute atomic E-state index is 13.8. The van der Waals surface area contributed by atoms with E-state index >= 15 is 0 Å². The van der Waals surface area contributed by atoms with Gasteiger partial charge in [-0.15, -0.1) is 0 Å².